The third-order valence-electron chi connectivity index (χ3n) is 4.66. The van der Waals surface area contributed by atoms with E-state index in [0.717, 1.165) is 51.4 Å². The number of esters is 2. The Morgan fingerprint density at radius 3 is 1.76 bits per heavy atom. The van der Waals surface area contributed by atoms with Crippen molar-refractivity contribution in [2.75, 3.05) is 0 Å². The standard InChI is InChI=1S/C16H26O7S.K.H/c17-15(22-12-7-3-1-4-8-12)11-14(24(19,20)21)16(18)23-13-9-5-2-6-10-13;;/h12-14H,1-11H2,(H,19,20,21);;. The van der Waals surface area contributed by atoms with Gasteiger partial charge < -0.3 is 9.47 Å². The zero-order chi connectivity index (χ0) is 17.6. The van der Waals surface area contributed by atoms with Gasteiger partial charge in [-0.3, -0.25) is 14.1 Å². The van der Waals surface area contributed by atoms with Crippen LogP contribution in [0.15, 0.2) is 0 Å². The molecule has 1 N–H and O–H groups in total. The second-order valence-corrected chi connectivity index (χ2v) is 8.25. The molecule has 1 atom stereocenters. The summed E-state index contributed by atoms with van der Waals surface area (Å²) in [5.74, 6) is -1.85. The maximum absolute atomic E-state index is 12.1. The molecule has 0 aromatic rings. The van der Waals surface area contributed by atoms with Gasteiger partial charge in [0.05, 0.1) is 6.42 Å². The molecule has 0 aromatic carbocycles. The molecule has 2 aliphatic carbocycles. The molecular formula is C16H27KO7S. The van der Waals surface area contributed by atoms with Crippen molar-refractivity contribution in [1.29, 1.82) is 0 Å². The van der Waals surface area contributed by atoms with Gasteiger partial charge in [-0.2, -0.15) is 8.42 Å². The predicted octanol–water partition coefficient (Wildman–Crippen LogP) is 1.74. The van der Waals surface area contributed by atoms with Crippen molar-refractivity contribution >= 4 is 73.4 Å². The monoisotopic (exact) mass is 402 g/mol. The normalized spacial score (nSPS) is 21.0. The Kier molecular flexibility index (Phi) is 10.7. The van der Waals surface area contributed by atoms with Gasteiger partial charge in [0, 0.05) is 0 Å². The van der Waals surface area contributed by atoms with Crippen molar-refractivity contribution in [3.05, 3.63) is 0 Å². The van der Waals surface area contributed by atoms with E-state index in [0.29, 0.717) is 12.8 Å². The van der Waals surface area contributed by atoms with E-state index in [-0.39, 0.29) is 63.6 Å². The SMILES string of the molecule is O=C(CC(C(=O)OC1CCCCC1)S(=O)(=O)O)OC1CCCCC1.[KH]. The molecule has 0 bridgehead atoms. The van der Waals surface area contributed by atoms with E-state index in [4.69, 9.17) is 9.47 Å². The molecule has 25 heavy (non-hydrogen) atoms. The summed E-state index contributed by atoms with van der Waals surface area (Å²) in [6, 6.07) is 0. The van der Waals surface area contributed by atoms with Crippen LogP contribution in [0.4, 0.5) is 0 Å². The quantitative estimate of drug-likeness (QED) is 0.409. The van der Waals surface area contributed by atoms with Crippen molar-refractivity contribution < 1.29 is 32.0 Å². The maximum atomic E-state index is 12.1. The van der Waals surface area contributed by atoms with Crippen LogP contribution in [0.1, 0.15) is 70.6 Å². The summed E-state index contributed by atoms with van der Waals surface area (Å²) in [4.78, 5) is 24.1. The van der Waals surface area contributed by atoms with E-state index in [1.165, 1.54) is 0 Å². The molecular weight excluding hydrogens is 375 g/mol. The van der Waals surface area contributed by atoms with E-state index in [1.54, 1.807) is 0 Å². The van der Waals surface area contributed by atoms with Gasteiger partial charge in [0.15, 0.2) is 5.25 Å². The number of hydrogen-bond donors (Lipinski definition) is 1. The Labute approximate surface area is 191 Å². The van der Waals surface area contributed by atoms with E-state index < -0.39 is 33.7 Å². The van der Waals surface area contributed by atoms with Crippen LogP contribution < -0.4 is 0 Å². The molecule has 2 saturated carbocycles. The first-order valence-electron chi connectivity index (χ1n) is 8.72. The summed E-state index contributed by atoms with van der Waals surface area (Å²) in [5, 5.41) is -1.91. The van der Waals surface area contributed by atoms with Crippen molar-refractivity contribution in [1.82, 2.24) is 0 Å². The van der Waals surface area contributed by atoms with Gasteiger partial charge in [0.1, 0.15) is 12.2 Å². The Bertz CT molecular complexity index is 537. The Hall–Kier alpha value is 0.486. The summed E-state index contributed by atoms with van der Waals surface area (Å²) in [6.45, 7) is 0. The van der Waals surface area contributed by atoms with Gasteiger partial charge in [0.25, 0.3) is 10.1 Å². The average molecular weight is 403 g/mol. The van der Waals surface area contributed by atoms with E-state index in [9.17, 15) is 22.6 Å². The summed E-state index contributed by atoms with van der Waals surface area (Å²) in [6.07, 6.45) is 7.46. The van der Waals surface area contributed by atoms with Crippen LogP contribution in [0.25, 0.3) is 0 Å². The number of ether oxygens (including phenoxy) is 2. The molecule has 0 radical (unpaired) electrons. The summed E-state index contributed by atoms with van der Waals surface area (Å²) in [7, 11) is -4.73. The second kappa shape index (κ2) is 11.4. The Morgan fingerprint density at radius 1 is 0.880 bits per heavy atom. The van der Waals surface area contributed by atoms with Crippen LogP contribution in [0, 0.1) is 0 Å². The molecule has 140 valence electrons. The molecule has 2 rings (SSSR count). The fourth-order valence-electron chi connectivity index (χ4n) is 3.30. The van der Waals surface area contributed by atoms with Crippen molar-refractivity contribution in [3.8, 4) is 0 Å². The molecule has 2 fully saturated rings. The Morgan fingerprint density at radius 2 is 1.32 bits per heavy atom. The molecule has 0 amide bonds. The third kappa shape index (κ3) is 8.36. The summed E-state index contributed by atoms with van der Waals surface area (Å²) in [5.41, 5.74) is 0. The van der Waals surface area contributed by atoms with Gasteiger partial charge >= 0.3 is 63.3 Å². The van der Waals surface area contributed by atoms with E-state index >= 15 is 0 Å². The first kappa shape index (κ1) is 23.5. The fourth-order valence-corrected chi connectivity index (χ4v) is 3.95. The summed E-state index contributed by atoms with van der Waals surface area (Å²) >= 11 is 0. The van der Waals surface area contributed by atoms with Crippen LogP contribution in [0.3, 0.4) is 0 Å². The minimum absolute atomic E-state index is 0. The molecule has 2 aliphatic rings. The molecule has 0 spiro atoms. The number of carbonyl (C=O) groups excluding carboxylic acids is 2. The fraction of sp³-hybridized carbons (Fsp3) is 0.875. The van der Waals surface area contributed by atoms with Crippen LogP contribution in [-0.2, 0) is 29.2 Å². The topological polar surface area (TPSA) is 107 Å². The first-order valence-corrected chi connectivity index (χ1v) is 10.2. The first-order chi connectivity index (χ1) is 11.4. The van der Waals surface area contributed by atoms with Gasteiger partial charge in [-0.25, -0.2) is 0 Å². The van der Waals surface area contributed by atoms with Gasteiger partial charge in [-0.05, 0) is 51.4 Å². The second-order valence-electron chi connectivity index (χ2n) is 6.65. The zero-order valence-electron chi connectivity index (χ0n) is 13.8. The van der Waals surface area contributed by atoms with Crippen molar-refractivity contribution in [2.45, 2.75) is 88.1 Å². The van der Waals surface area contributed by atoms with Gasteiger partial charge in [-0.15, -0.1) is 0 Å². The van der Waals surface area contributed by atoms with Gasteiger partial charge in [-0.1, -0.05) is 12.8 Å². The summed E-state index contributed by atoms with van der Waals surface area (Å²) < 4.78 is 42.7. The van der Waals surface area contributed by atoms with E-state index in [1.807, 2.05) is 0 Å². The molecule has 0 saturated heterocycles. The number of carbonyl (C=O) groups is 2. The van der Waals surface area contributed by atoms with Crippen molar-refractivity contribution in [2.24, 2.45) is 0 Å². The van der Waals surface area contributed by atoms with E-state index in [2.05, 4.69) is 0 Å². The van der Waals surface area contributed by atoms with Crippen LogP contribution in [0.5, 0.6) is 0 Å². The molecule has 9 heteroatoms. The molecule has 0 heterocycles. The third-order valence-corrected chi connectivity index (χ3v) is 5.74. The minimum atomic E-state index is -4.73. The van der Waals surface area contributed by atoms with Crippen molar-refractivity contribution in [3.63, 3.8) is 0 Å². The zero-order valence-corrected chi connectivity index (χ0v) is 14.6. The molecule has 1 unspecified atom stereocenters. The number of rotatable bonds is 6. The molecule has 7 nitrogen and oxygen atoms in total. The predicted molar refractivity (Wildman–Crippen MR) is 93.0 cm³/mol. The van der Waals surface area contributed by atoms with Crippen LogP contribution in [-0.4, -0.2) is 93.8 Å². The molecule has 0 aliphatic heterocycles. The van der Waals surface area contributed by atoms with Crippen LogP contribution >= 0.6 is 0 Å². The molecule has 0 aromatic heterocycles. The average Bonchev–Trinajstić information content (AvgIpc) is 2.53. The van der Waals surface area contributed by atoms with Crippen LogP contribution in [0.2, 0.25) is 0 Å². The number of hydrogen-bond acceptors (Lipinski definition) is 6. The Balaban J connectivity index is 0.00000312. The van der Waals surface area contributed by atoms with Gasteiger partial charge in [0.2, 0.25) is 0 Å².